The molecule has 0 unspecified atom stereocenters. The van der Waals surface area contributed by atoms with Gasteiger partial charge in [-0.1, -0.05) is 12.1 Å². The van der Waals surface area contributed by atoms with Crippen molar-refractivity contribution in [1.29, 1.82) is 0 Å². The van der Waals surface area contributed by atoms with Crippen molar-refractivity contribution in [3.05, 3.63) is 35.4 Å². The highest BCUT2D eigenvalue weighted by Gasteiger charge is 2.37. The number of carbonyl (C=O) groups is 3. The number of amides is 2. The first-order chi connectivity index (χ1) is 9.06. The quantitative estimate of drug-likeness (QED) is 0.599. The van der Waals surface area contributed by atoms with Crippen molar-refractivity contribution in [2.24, 2.45) is 5.92 Å². The Labute approximate surface area is 109 Å². The maximum atomic E-state index is 11.9. The van der Waals surface area contributed by atoms with Gasteiger partial charge in [0.1, 0.15) is 0 Å². The largest absolute Gasteiger partial charge is 0.469 e. The van der Waals surface area contributed by atoms with Gasteiger partial charge in [0.25, 0.3) is 11.8 Å². The zero-order chi connectivity index (χ0) is 14.0. The summed E-state index contributed by atoms with van der Waals surface area (Å²) in [6, 6.07) is 6.46. The number of hydrogen-bond donors (Lipinski definition) is 0. The van der Waals surface area contributed by atoms with E-state index >= 15 is 0 Å². The Morgan fingerprint density at radius 2 is 1.74 bits per heavy atom. The van der Waals surface area contributed by atoms with Gasteiger partial charge >= 0.3 is 5.97 Å². The highest BCUT2D eigenvalue weighted by atomic mass is 16.7. The van der Waals surface area contributed by atoms with Crippen molar-refractivity contribution in [3.63, 3.8) is 0 Å². The Kier molecular flexibility index (Phi) is 3.62. The number of hydrogen-bond acceptors (Lipinski definition) is 5. The molecule has 2 rings (SSSR count). The third-order valence-electron chi connectivity index (χ3n) is 2.81. The van der Waals surface area contributed by atoms with E-state index in [1.807, 2.05) is 0 Å². The van der Waals surface area contributed by atoms with Crippen molar-refractivity contribution in [2.75, 3.05) is 13.7 Å². The topological polar surface area (TPSA) is 72.9 Å². The van der Waals surface area contributed by atoms with Crippen molar-refractivity contribution in [3.8, 4) is 0 Å². The van der Waals surface area contributed by atoms with Crippen LogP contribution in [0.5, 0.6) is 0 Å². The standard InChI is InChI=1S/C13H13NO5/c1-8(13(17)18-2)7-19-14-11(15)9-5-3-4-6-10(9)12(14)16/h3-6,8H,7H2,1-2H3/t8-/m1/s1. The van der Waals surface area contributed by atoms with E-state index in [0.29, 0.717) is 16.2 Å². The molecule has 0 fully saturated rings. The van der Waals surface area contributed by atoms with E-state index in [1.54, 1.807) is 31.2 Å². The molecule has 1 aromatic rings. The summed E-state index contributed by atoms with van der Waals surface area (Å²) in [4.78, 5) is 40.2. The number of methoxy groups -OCH3 is 1. The number of hydroxylamine groups is 2. The van der Waals surface area contributed by atoms with Crippen molar-refractivity contribution in [2.45, 2.75) is 6.92 Å². The Morgan fingerprint density at radius 3 is 2.21 bits per heavy atom. The molecule has 19 heavy (non-hydrogen) atoms. The molecular weight excluding hydrogens is 250 g/mol. The second-order valence-corrected chi connectivity index (χ2v) is 4.17. The Morgan fingerprint density at radius 1 is 1.21 bits per heavy atom. The van der Waals surface area contributed by atoms with E-state index in [-0.39, 0.29) is 6.61 Å². The van der Waals surface area contributed by atoms with Crippen LogP contribution in [0.25, 0.3) is 0 Å². The van der Waals surface area contributed by atoms with Crippen LogP contribution < -0.4 is 0 Å². The van der Waals surface area contributed by atoms with Crippen LogP contribution in [0.2, 0.25) is 0 Å². The smallest absolute Gasteiger partial charge is 0.310 e. The predicted molar refractivity (Wildman–Crippen MR) is 64.1 cm³/mol. The minimum absolute atomic E-state index is 0.0991. The fourth-order valence-electron chi connectivity index (χ4n) is 1.74. The number of esters is 1. The summed E-state index contributed by atoms with van der Waals surface area (Å²) < 4.78 is 4.54. The van der Waals surface area contributed by atoms with Crippen molar-refractivity contribution < 1.29 is 24.0 Å². The molecule has 2 amide bonds. The number of carbonyl (C=O) groups excluding carboxylic acids is 3. The van der Waals surface area contributed by atoms with Crippen LogP contribution in [0.4, 0.5) is 0 Å². The van der Waals surface area contributed by atoms with Gasteiger partial charge in [-0.3, -0.25) is 19.2 Å². The molecule has 100 valence electrons. The van der Waals surface area contributed by atoms with Gasteiger partial charge in [0.2, 0.25) is 0 Å². The zero-order valence-electron chi connectivity index (χ0n) is 10.6. The van der Waals surface area contributed by atoms with Crippen LogP contribution in [0.15, 0.2) is 24.3 Å². The number of fused-ring (bicyclic) bond motifs is 1. The average molecular weight is 263 g/mol. The van der Waals surface area contributed by atoms with Gasteiger partial charge in [0.05, 0.1) is 30.8 Å². The number of benzene rings is 1. The molecule has 0 saturated heterocycles. The second-order valence-electron chi connectivity index (χ2n) is 4.17. The average Bonchev–Trinajstić information content (AvgIpc) is 2.68. The van der Waals surface area contributed by atoms with Gasteiger partial charge in [-0.05, 0) is 19.1 Å². The molecule has 0 spiro atoms. The van der Waals surface area contributed by atoms with Gasteiger partial charge in [0.15, 0.2) is 0 Å². The van der Waals surface area contributed by atoms with E-state index in [2.05, 4.69) is 4.74 Å². The lowest BCUT2D eigenvalue weighted by atomic mass is 10.1. The van der Waals surface area contributed by atoms with E-state index in [0.717, 1.165) is 0 Å². The second kappa shape index (κ2) is 5.19. The summed E-state index contributed by atoms with van der Waals surface area (Å²) >= 11 is 0. The molecule has 0 saturated carbocycles. The van der Waals surface area contributed by atoms with Gasteiger partial charge < -0.3 is 4.74 Å². The summed E-state index contributed by atoms with van der Waals surface area (Å²) in [7, 11) is 1.26. The van der Waals surface area contributed by atoms with E-state index in [1.165, 1.54) is 7.11 Å². The Bertz CT molecular complexity index is 505. The first-order valence-electron chi connectivity index (χ1n) is 5.74. The first kappa shape index (κ1) is 13.2. The molecule has 1 atom stereocenters. The predicted octanol–water partition coefficient (Wildman–Crippen LogP) is 1.02. The van der Waals surface area contributed by atoms with Crippen molar-refractivity contribution >= 4 is 17.8 Å². The Hall–Kier alpha value is -2.21. The van der Waals surface area contributed by atoms with E-state index in [4.69, 9.17) is 4.84 Å². The SMILES string of the molecule is COC(=O)[C@H](C)CON1C(=O)c2ccccc2C1=O. The fourth-order valence-corrected chi connectivity index (χ4v) is 1.74. The van der Waals surface area contributed by atoms with Gasteiger partial charge in [-0.25, -0.2) is 0 Å². The van der Waals surface area contributed by atoms with Gasteiger partial charge in [-0.2, -0.15) is 0 Å². The normalized spacial score (nSPS) is 15.4. The van der Waals surface area contributed by atoms with Crippen LogP contribution in [0, 0.1) is 5.92 Å². The lowest BCUT2D eigenvalue weighted by Crippen LogP contribution is -2.33. The van der Waals surface area contributed by atoms with E-state index < -0.39 is 23.7 Å². The van der Waals surface area contributed by atoms with Crippen LogP contribution in [0.1, 0.15) is 27.6 Å². The number of ether oxygens (including phenoxy) is 1. The molecule has 1 aromatic carbocycles. The van der Waals surface area contributed by atoms with Crippen LogP contribution in [-0.4, -0.2) is 36.6 Å². The molecule has 0 aliphatic carbocycles. The minimum atomic E-state index is -0.561. The third kappa shape index (κ3) is 2.34. The van der Waals surface area contributed by atoms with Crippen molar-refractivity contribution in [1.82, 2.24) is 5.06 Å². The molecule has 0 N–H and O–H groups in total. The third-order valence-corrected chi connectivity index (χ3v) is 2.81. The lowest BCUT2D eigenvalue weighted by molar-refractivity contribution is -0.153. The summed E-state index contributed by atoms with van der Waals surface area (Å²) in [6.45, 7) is 1.49. The van der Waals surface area contributed by atoms with Gasteiger partial charge in [-0.15, -0.1) is 5.06 Å². The molecule has 6 heteroatoms. The summed E-state index contributed by atoms with van der Waals surface area (Å²) in [6.07, 6.45) is 0. The van der Waals surface area contributed by atoms with E-state index in [9.17, 15) is 14.4 Å². The van der Waals surface area contributed by atoms with Crippen LogP contribution >= 0.6 is 0 Å². The molecule has 1 heterocycles. The molecular formula is C13H13NO5. The van der Waals surface area contributed by atoms with Crippen LogP contribution in [0.3, 0.4) is 0 Å². The zero-order valence-corrected chi connectivity index (χ0v) is 10.6. The lowest BCUT2D eigenvalue weighted by Gasteiger charge is -2.15. The number of imide groups is 1. The Balaban J connectivity index is 2.07. The summed E-state index contributed by atoms with van der Waals surface area (Å²) in [5, 5.41) is 0.685. The molecule has 1 aliphatic heterocycles. The molecule has 1 aliphatic rings. The molecule has 0 radical (unpaired) electrons. The summed E-state index contributed by atoms with van der Waals surface area (Å²) in [5.41, 5.74) is 0.608. The minimum Gasteiger partial charge on any atom is -0.469 e. The molecule has 6 nitrogen and oxygen atoms in total. The van der Waals surface area contributed by atoms with Gasteiger partial charge in [0, 0.05) is 0 Å². The fraction of sp³-hybridized carbons (Fsp3) is 0.308. The maximum Gasteiger partial charge on any atom is 0.310 e. The van der Waals surface area contributed by atoms with Crippen LogP contribution in [-0.2, 0) is 14.4 Å². The maximum absolute atomic E-state index is 11.9. The molecule has 0 bridgehead atoms. The monoisotopic (exact) mass is 263 g/mol. The summed E-state index contributed by atoms with van der Waals surface area (Å²) in [5.74, 6) is -2.05. The first-order valence-corrected chi connectivity index (χ1v) is 5.74. The molecule has 0 aromatic heterocycles. The highest BCUT2D eigenvalue weighted by Crippen LogP contribution is 2.22. The number of rotatable bonds is 4. The highest BCUT2D eigenvalue weighted by molar-refractivity contribution is 6.20. The number of nitrogens with zero attached hydrogens (tertiary/aromatic N) is 1.